The number of ketones is 1. The summed E-state index contributed by atoms with van der Waals surface area (Å²) in [5, 5.41) is 8.96. The lowest BCUT2D eigenvalue weighted by molar-refractivity contribution is -0.253. The van der Waals surface area contributed by atoms with Crippen molar-refractivity contribution in [1.82, 2.24) is 4.98 Å². The van der Waals surface area contributed by atoms with E-state index < -0.39 is 65.0 Å². The van der Waals surface area contributed by atoms with Gasteiger partial charge in [-0.2, -0.15) is 17.6 Å². The van der Waals surface area contributed by atoms with Gasteiger partial charge in [0.2, 0.25) is 0 Å². The molecular weight excluding hydrogens is 702 g/mol. The van der Waals surface area contributed by atoms with E-state index in [-0.39, 0.29) is 47.7 Å². The minimum atomic E-state index is -5.03. The van der Waals surface area contributed by atoms with Gasteiger partial charge in [-0.15, -0.1) is 0 Å². The Balaban J connectivity index is 1.88. The average molecular weight is 730 g/mol. The molecule has 6 nitrogen and oxygen atoms in total. The number of Topliss-reactive ketones (excluding diaryl/α,β-unsaturated/α-hetero) is 1. The van der Waals surface area contributed by atoms with Crippen LogP contribution in [0.2, 0.25) is 5.02 Å². The number of benzene rings is 3. The van der Waals surface area contributed by atoms with Gasteiger partial charge >= 0.3 is 18.5 Å². The fourth-order valence-electron chi connectivity index (χ4n) is 5.23. The van der Waals surface area contributed by atoms with Gasteiger partial charge in [0, 0.05) is 43.0 Å². The van der Waals surface area contributed by atoms with E-state index in [1.165, 1.54) is 42.6 Å². The number of carbonyl (C=O) groups excluding carboxylic acids is 1. The molecule has 0 aliphatic carbocycles. The Hall–Kier alpha value is -4.72. The van der Waals surface area contributed by atoms with E-state index in [2.05, 4.69) is 9.72 Å². The molecule has 1 N–H and O–H groups in total. The summed E-state index contributed by atoms with van der Waals surface area (Å²) in [6.45, 7) is 0.509. The van der Waals surface area contributed by atoms with Crippen LogP contribution in [-0.2, 0) is 22.6 Å². The molecule has 0 bridgehead atoms. The number of hydrogen-bond donors (Lipinski definition) is 1. The number of rotatable bonds is 16. The molecule has 15 heteroatoms. The zero-order valence-corrected chi connectivity index (χ0v) is 26.8. The van der Waals surface area contributed by atoms with Crippen molar-refractivity contribution < 1.29 is 59.3 Å². The minimum Gasteiger partial charge on any atom is -0.494 e. The number of aliphatic carboxylic acids is 1. The zero-order valence-electron chi connectivity index (χ0n) is 26.0. The van der Waals surface area contributed by atoms with Gasteiger partial charge in [0.25, 0.3) is 5.92 Å². The van der Waals surface area contributed by atoms with Crippen LogP contribution in [0.4, 0.5) is 35.1 Å². The maximum atomic E-state index is 15.2. The lowest BCUT2D eigenvalue weighted by Gasteiger charge is -2.34. The first kappa shape index (κ1) is 38.1. The van der Waals surface area contributed by atoms with Crippen molar-refractivity contribution in [2.75, 3.05) is 6.61 Å². The molecule has 0 radical (unpaired) electrons. The molecule has 50 heavy (non-hydrogen) atoms. The number of ether oxygens (including phenoxy) is 2. The highest BCUT2D eigenvalue weighted by molar-refractivity contribution is 6.30. The highest BCUT2D eigenvalue weighted by atomic mass is 35.5. The molecule has 1 aromatic heterocycles. The highest BCUT2D eigenvalue weighted by Crippen LogP contribution is 2.43. The van der Waals surface area contributed by atoms with E-state index in [1.807, 2.05) is 0 Å². The van der Waals surface area contributed by atoms with E-state index in [1.54, 1.807) is 0 Å². The second kappa shape index (κ2) is 15.4. The standard InChI is InChI=1S/C35H28ClF8NO5/c1-33(41,42)27-13-21(6-10-28(27)38)29(46)18-34(30-11-7-23(36)19-45-30,17-20-4-8-25(9-5-20)49-12-2-3-31(47)48)22-14-24(37)16-26(15-22)50-35(43,44)32(39)40/h4-11,13-16,19,32H,2-3,12,17-18H2,1H3,(H,47,48)/t34-/m1/s1. The minimum absolute atomic E-state index is 0.00423. The van der Waals surface area contributed by atoms with Gasteiger partial charge in [-0.25, -0.2) is 17.6 Å². The van der Waals surface area contributed by atoms with Gasteiger partial charge in [0.05, 0.1) is 22.9 Å². The number of halogens is 9. The molecule has 3 aromatic carbocycles. The molecule has 0 unspecified atom stereocenters. The predicted octanol–water partition coefficient (Wildman–Crippen LogP) is 9.41. The van der Waals surface area contributed by atoms with E-state index in [4.69, 9.17) is 21.4 Å². The van der Waals surface area contributed by atoms with E-state index in [9.17, 15) is 40.3 Å². The third kappa shape index (κ3) is 9.49. The molecule has 0 aliphatic rings. The van der Waals surface area contributed by atoms with Gasteiger partial charge in [0.1, 0.15) is 23.1 Å². The van der Waals surface area contributed by atoms with E-state index in [0.29, 0.717) is 36.4 Å². The van der Waals surface area contributed by atoms with Crippen LogP contribution in [-0.4, -0.2) is 41.0 Å². The molecule has 4 rings (SSSR count). The maximum Gasteiger partial charge on any atom is 0.461 e. The first-order valence-electron chi connectivity index (χ1n) is 14.8. The fraction of sp³-hybridized carbons (Fsp3) is 0.286. The molecule has 0 saturated heterocycles. The van der Waals surface area contributed by atoms with E-state index >= 15 is 4.39 Å². The second-order valence-corrected chi connectivity index (χ2v) is 11.9. The quantitative estimate of drug-likeness (QED) is 0.0703. The second-order valence-electron chi connectivity index (χ2n) is 11.4. The summed E-state index contributed by atoms with van der Waals surface area (Å²) < 4.78 is 122. The predicted molar refractivity (Wildman–Crippen MR) is 165 cm³/mol. The normalized spacial score (nSPS) is 13.2. The Labute approximate surface area is 285 Å². The largest absolute Gasteiger partial charge is 0.494 e. The van der Waals surface area contributed by atoms with Crippen LogP contribution in [0, 0.1) is 11.6 Å². The topological polar surface area (TPSA) is 85.7 Å². The molecule has 4 aromatic rings. The van der Waals surface area contributed by atoms with Crippen LogP contribution in [0.5, 0.6) is 11.5 Å². The lowest BCUT2D eigenvalue weighted by Crippen LogP contribution is -2.36. The van der Waals surface area contributed by atoms with Crippen LogP contribution < -0.4 is 9.47 Å². The number of carbonyl (C=O) groups is 2. The van der Waals surface area contributed by atoms with Crippen LogP contribution in [0.1, 0.15) is 58.9 Å². The molecule has 0 saturated carbocycles. The van der Waals surface area contributed by atoms with Crippen LogP contribution in [0.15, 0.2) is 79.0 Å². The summed E-state index contributed by atoms with van der Waals surface area (Å²) in [6, 6.07) is 13.3. The third-order valence-electron chi connectivity index (χ3n) is 7.61. The van der Waals surface area contributed by atoms with Crippen molar-refractivity contribution in [3.8, 4) is 11.5 Å². The Kier molecular flexibility index (Phi) is 11.8. The number of aromatic nitrogens is 1. The Bertz CT molecular complexity index is 1820. The molecule has 0 amide bonds. The number of pyridine rings is 1. The third-order valence-corrected chi connectivity index (χ3v) is 7.83. The SMILES string of the molecule is CC(F)(F)c1cc(C(=O)C[C@](Cc2ccc(OCCCC(=O)O)cc2)(c2cc(F)cc(OC(F)(F)C(F)F)c2)c2ccc(Cl)cn2)ccc1F. The Morgan fingerprint density at radius 2 is 1.62 bits per heavy atom. The molecule has 1 atom stereocenters. The van der Waals surface area contributed by atoms with Crippen LogP contribution >= 0.6 is 11.6 Å². The number of nitrogens with zero attached hydrogens (tertiary/aromatic N) is 1. The van der Waals surface area contributed by atoms with Gasteiger partial charge in [-0.3, -0.25) is 14.6 Å². The van der Waals surface area contributed by atoms with Gasteiger partial charge < -0.3 is 14.6 Å². The van der Waals surface area contributed by atoms with Crippen molar-refractivity contribution in [2.45, 2.75) is 56.5 Å². The lowest BCUT2D eigenvalue weighted by atomic mass is 9.68. The summed E-state index contributed by atoms with van der Waals surface area (Å²) in [7, 11) is 0. The molecule has 0 spiro atoms. The summed E-state index contributed by atoms with van der Waals surface area (Å²) in [4.78, 5) is 29.1. The van der Waals surface area contributed by atoms with E-state index in [0.717, 1.165) is 18.2 Å². The summed E-state index contributed by atoms with van der Waals surface area (Å²) in [5.74, 6) is -8.75. The molecule has 266 valence electrons. The summed E-state index contributed by atoms with van der Waals surface area (Å²) in [5.41, 5.74) is -3.13. The highest BCUT2D eigenvalue weighted by Gasteiger charge is 2.45. The molecule has 0 aliphatic heterocycles. The molecule has 1 heterocycles. The van der Waals surface area contributed by atoms with Crippen molar-refractivity contribution in [2.24, 2.45) is 0 Å². The van der Waals surface area contributed by atoms with Crippen LogP contribution in [0.3, 0.4) is 0 Å². The molecule has 0 fully saturated rings. The average Bonchev–Trinajstić information content (AvgIpc) is 3.02. The van der Waals surface area contributed by atoms with Gasteiger partial charge in [-0.05, 0) is 78.6 Å². The number of alkyl halides is 6. The van der Waals surface area contributed by atoms with Gasteiger partial charge in [-0.1, -0.05) is 23.7 Å². The number of carboxylic acids is 1. The van der Waals surface area contributed by atoms with Gasteiger partial charge in [0.15, 0.2) is 5.78 Å². The molecular formula is C35H28ClF8NO5. The summed E-state index contributed by atoms with van der Waals surface area (Å²) in [6.07, 6.45) is -9.03. The van der Waals surface area contributed by atoms with Crippen molar-refractivity contribution in [3.05, 3.63) is 124 Å². The van der Waals surface area contributed by atoms with Crippen LogP contribution in [0.25, 0.3) is 0 Å². The monoisotopic (exact) mass is 729 g/mol. The number of hydrogen-bond acceptors (Lipinski definition) is 5. The fourth-order valence-corrected chi connectivity index (χ4v) is 5.34. The van der Waals surface area contributed by atoms with Crippen molar-refractivity contribution in [3.63, 3.8) is 0 Å². The first-order chi connectivity index (χ1) is 23.4. The summed E-state index contributed by atoms with van der Waals surface area (Å²) >= 11 is 6.07. The Morgan fingerprint density at radius 3 is 2.22 bits per heavy atom. The zero-order chi connectivity index (χ0) is 36.9. The Morgan fingerprint density at radius 1 is 0.920 bits per heavy atom. The maximum absolute atomic E-state index is 15.2. The smallest absolute Gasteiger partial charge is 0.461 e. The van der Waals surface area contributed by atoms with Crippen molar-refractivity contribution >= 4 is 23.4 Å². The number of carboxylic acid groups (broad SMARTS) is 1. The van der Waals surface area contributed by atoms with Crippen molar-refractivity contribution in [1.29, 1.82) is 0 Å². The first-order valence-corrected chi connectivity index (χ1v) is 15.2.